The van der Waals surface area contributed by atoms with Crippen molar-refractivity contribution in [2.45, 2.75) is 37.5 Å². The van der Waals surface area contributed by atoms with Crippen molar-refractivity contribution in [1.82, 2.24) is 25.1 Å². The molecule has 1 amide bonds. The fourth-order valence-corrected chi connectivity index (χ4v) is 3.23. The Morgan fingerprint density at radius 2 is 1.91 bits per heavy atom. The van der Waals surface area contributed by atoms with E-state index >= 15 is 0 Å². The molecule has 0 radical (unpaired) electrons. The minimum atomic E-state index is -0.267. The Kier molecular flexibility index (Phi) is 3.48. The van der Waals surface area contributed by atoms with Crippen molar-refractivity contribution < 1.29 is 4.79 Å². The highest BCUT2D eigenvalue weighted by Gasteiger charge is 2.28. The number of aromatic amines is 2. The molecule has 4 rings (SSSR count). The maximum Gasteiger partial charge on any atom is 0.261 e. The second-order valence-electron chi connectivity index (χ2n) is 6.37. The molecule has 0 unspecified atom stereocenters. The highest BCUT2D eigenvalue weighted by Crippen LogP contribution is 2.38. The van der Waals surface area contributed by atoms with Crippen LogP contribution in [0.2, 0.25) is 0 Å². The fourth-order valence-electron chi connectivity index (χ4n) is 3.23. The van der Waals surface area contributed by atoms with E-state index in [0.29, 0.717) is 24.9 Å². The van der Waals surface area contributed by atoms with Gasteiger partial charge < -0.3 is 9.88 Å². The van der Waals surface area contributed by atoms with Crippen molar-refractivity contribution in [3.63, 3.8) is 0 Å². The van der Waals surface area contributed by atoms with E-state index in [1.807, 2.05) is 6.07 Å². The smallest absolute Gasteiger partial charge is 0.261 e. The Morgan fingerprint density at radius 1 is 1.13 bits per heavy atom. The van der Waals surface area contributed by atoms with Gasteiger partial charge in [0.25, 0.3) is 11.5 Å². The molecule has 120 valence electrons. The highest BCUT2D eigenvalue weighted by molar-refractivity contribution is 5.93. The molecule has 0 bridgehead atoms. The van der Waals surface area contributed by atoms with E-state index in [-0.39, 0.29) is 17.0 Å². The first-order chi connectivity index (χ1) is 11.2. The number of hydrogen-bond acceptors (Lipinski definition) is 4. The Bertz CT molecular complexity index is 755. The maximum atomic E-state index is 12.6. The number of piperidine rings is 1. The SMILES string of the molecule is O=C(c1ccc(C2CC2)[nH]c1=O)N1CCC(c2ncn[nH]2)CC1. The van der Waals surface area contributed by atoms with Crippen LogP contribution in [0.1, 0.15) is 59.4 Å². The zero-order valence-corrected chi connectivity index (χ0v) is 12.8. The monoisotopic (exact) mass is 313 g/mol. The molecule has 2 aromatic rings. The Morgan fingerprint density at radius 3 is 2.52 bits per heavy atom. The van der Waals surface area contributed by atoms with Crippen LogP contribution in [0.15, 0.2) is 23.3 Å². The van der Waals surface area contributed by atoms with Gasteiger partial charge in [-0.25, -0.2) is 4.98 Å². The van der Waals surface area contributed by atoms with Crippen molar-refractivity contribution in [3.8, 4) is 0 Å². The van der Waals surface area contributed by atoms with Crippen LogP contribution in [0.4, 0.5) is 0 Å². The van der Waals surface area contributed by atoms with Crippen molar-refractivity contribution >= 4 is 5.91 Å². The number of pyridine rings is 1. The summed E-state index contributed by atoms with van der Waals surface area (Å²) < 4.78 is 0. The number of carbonyl (C=O) groups excluding carboxylic acids is 1. The number of carbonyl (C=O) groups is 1. The number of nitrogens with zero attached hydrogens (tertiary/aromatic N) is 3. The van der Waals surface area contributed by atoms with Gasteiger partial charge in [0, 0.05) is 24.7 Å². The average molecular weight is 313 g/mol. The van der Waals surface area contributed by atoms with Gasteiger partial charge in [-0.2, -0.15) is 5.10 Å². The number of amides is 1. The zero-order chi connectivity index (χ0) is 15.8. The number of rotatable bonds is 3. The second-order valence-corrected chi connectivity index (χ2v) is 6.37. The third-order valence-electron chi connectivity index (χ3n) is 4.78. The van der Waals surface area contributed by atoms with Crippen LogP contribution >= 0.6 is 0 Å². The van der Waals surface area contributed by atoms with Crippen molar-refractivity contribution in [2.24, 2.45) is 0 Å². The lowest BCUT2D eigenvalue weighted by molar-refractivity contribution is 0.0709. The van der Waals surface area contributed by atoms with Gasteiger partial charge >= 0.3 is 0 Å². The van der Waals surface area contributed by atoms with E-state index < -0.39 is 0 Å². The zero-order valence-electron chi connectivity index (χ0n) is 12.8. The number of aromatic nitrogens is 4. The summed E-state index contributed by atoms with van der Waals surface area (Å²) in [6.07, 6.45) is 5.42. The third kappa shape index (κ3) is 2.78. The van der Waals surface area contributed by atoms with Gasteiger partial charge in [-0.1, -0.05) is 0 Å². The van der Waals surface area contributed by atoms with Crippen LogP contribution in [0.3, 0.4) is 0 Å². The predicted molar refractivity (Wildman–Crippen MR) is 83.3 cm³/mol. The molecule has 7 nitrogen and oxygen atoms in total. The van der Waals surface area contributed by atoms with Crippen LogP contribution in [-0.4, -0.2) is 44.1 Å². The number of nitrogens with one attached hydrogen (secondary N) is 2. The molecule has 2 N–H and O–H groups in total. The van der Waals surface area contributed by atoms with Crippen LogP contribution < -0.4 is 5.56 Å². The molecule has 2 aromatic heterocycles. The molecule has 23 heavy (non-hydrogen) atoms. The lowest BCUT2D eigenvalue weighted by Crippen LogP contribution is -2.40. The van der Waals surface area contributed by atoms with Crippen molar-refractivity contribution in [2.75, 3.05) is 13.1 Å². The molecule has 7 heteroatoms. The largest absolute Gasteiger partial charge is 0.338 e. The predicted octanol–water partition coefficient (Wildman–Crippen LogP) is 1.39. The fraction of sp³-hybridized carbons (Fsp3) is 0.500. The summed E-state index contributed by atoms with van der Waals surface area (Å²) in [5.74, 6) is 1.48. The van der Waals surface area contributed by atoms with Gasteiger partial charge in [-0.05, 0) is 43.7 Å². The third-order valence-corrected chi connectivity index (χ3v) is 4.78. The number of H-pyrrole nitrogens is 2. The highest BCUT2D eigenvalue weighted by atomic mass is 16.2. The normalized spacial score (nSPS) is 19.0. The average Bonchev–Trinajstić information content (AvgIpc) is 3.29. The molecule has 0 atom stereocenters. The molecule has 1 aliphatic heterocycles. The van der Waals surface area contributed by atoms with Crippen LogP contribution in [-0.2, 0) is 0 Å². The van der Waals surface area contributed by atoms with Gasteiger partial charge in [0.2, 0.25) is 0 Å². The topological polar surface area (TPSA) is 94.7 Å². The van der Waals surface area contributed by atoms with Crippen LogP contribution in [0.5, 0.6) is 0 Å². The van der Waals surface area contributed by atoms with Gasteiger partial charge in [-0.3, -0.25) is 14.7 Å². The lowest BCUT2D eigenvalue weighted by Gasteiger charge is -2.30. The molecule has 1 saturated carbocycles. The standard InChI is InChI=1S/C16H19N5O2/c22-15-12(3-4-13(19-15)10-1-2-10)16(23)21-7-5-11(6-8-21)14-17-9-18-20-14/h3-4,9-11H,1-2,5-8H2,(H,19,22)(H,17,18,20). The summed E-state index contributed by atoms with van der Waals surface area (Å²) in [5.41, 5.74) is 0.930. The lowest BCUT2D eigenvalue weighted by atomic mass is 9.96. The van der Waals surface area contributed by atoms with E-state index in [0.717, 1.165) is 37.2 Å². The Hall–Kier alpha value is -2.44. The van der Waals surface area contributed by atoms with E-state index in [1.165, 1.54) is 6.33 Å². The van der Waals surface area contributed by atoms with Gasteiger partial charge in [0.15, 0.2) is 0 Å². The number of likely N-dealkylation sites (tertiary alicyclic amines) is 1. The summed E-state index contributed by atoms with van der Waals surface area (Å²) >= 11 is 0. The van der Waals surface area contributed by atoms with Gasteiger partial charge in [0.1, 0.15) is 17.7 Å². The van der Waals surface area contributed by atoms with Gasteiger partial charge in [0.05, 0.1) is 0 Å². The molecular weight excluding hydrogens is 294 g/mol. The summed E-state index contributed by atoms with van der Waals surface area (Å²) in [5, 5.41) is 6.77. The van der Waals surface area contributed by atoms with E-state index in [1.54, 1.807) is 11.0 Å². The molecule has 1 saturated heterocycles. The van der Waals surface area contributed by atoms with Crippen molar-refractivity contribution in [3.05, 3.63) is 45.9 Å². The molecule has 2 fully saturated rings. The van der Waals surface area contributed by atoms with Crippen molar-refractivity contribution in [1.29, 1.82) is 0 Å². The maximum absolute atomic E-state index is 12.6. The second kappa shape index (κ2) is 5.64. The Labute approximate surface area is 133 Å². The molecule has 3 heterocycles. The summed E-state index contributed by atoms with van der Waals surface area (Å²) in [4.78, 5) is 33.6. The Balaban J connectivity index is 1.44. The molecule has 1 aliphatic carbocycles. The van der Waals surface area contributed by atoms with E-state index in [2.05, 4.69) is 20.2 Å². The first-order valence-corrected chi connectivity index (χ1v) is 8.10. The number of hydrogen-bond donors (Lipinski definition) is 2. The molecule has 2 aliphatic rings. The first kappa shape index (κ1) is 14.2. The van der Waals surface area contributed by atoms with Crippen LogP contribution in [0.25, 0.3) is 0 Å². The quantitative estimate of drug-likeness (QED) is 0.895. The van der Waals surface area contributed by atoms with E-state index in [9.17, 15) is 9.59 Å². The minimum Gasteiger partial charge on any atom is -0.338 e. The molecule has 0 spiro atoms. The molecule has 0 aromatic carbocycles. The minimum absolute atomic E-state index is 0.176. The van der Waals surface area contributed by atoms with E-state index in [4.69, 9.17) is 0 Å². The summed E-state index contributed by atoms with van der Waals surface area (Å²) in [7, 11) is 0. The first-order valence-electron chi connectivity index (χ1n) is 8.10. The summed E-state index contributed by atoms with van der Waals surface area (Å²) in [6.45, 7) is 1.27. The van der Waals surface area contributed by atoms with Gasteiger partial charge in [-0.15, -0.1) is 0 Å². The van der Waals surface area contributed by atoms with Crippen LogP contribution in [0, 0.1) is 0 Å². The summed E-state index contributed by atoms with van der Waals surface area (Å²) in [6, 6.07) is 3.56. The molecular formula is C16H19N5O2.